The van der Waals surface area contributed by atoms with Crippen LogP contribution in [0.25, 0.3) is 0 Å². The number of ketones is 1. The number of hydrogen-bond acceptors (Lipinski definition) is 3. The molecule has 0 aliphatic rings. The lowest BCUT2D eigenvalue weighted by Crippen LogP contribution is -2.00. The Morgan fingerprint density at radius 3 is 2.53 bits per heavy atom. The van der Waals surface area contributed by atoms with E-state index in [1.165, 1.54) is 4.88 Å². The van der Waals surface area contributed by atoms with Crippen LogP contribution in [0.2, 0.25) is 4.34 Å². The molecule has 0 aliphatic heterocycles. The van der Waals surface area contributed by atoms with Gasteiger partial charge in [-0.05, 0) is 42.8 Å². The van der Waals surface area contributed by atoms with Gasteiger partial charge in [-0.1, -0.05) is 18.5 Å². The fourth-order valence-electron chi connectivity index (χ4n) is 1.78. The van der Waals surface area contributed by atoms with E-state index < -0.39 is 0 Å². The third-order valence-electron chi connectivity index (χ3n) is 2.78. The zero-order valence-corrected chi connectivity index (χ0v) is 12.4. The van der Waals surface area contributed by atoms with Gasteiger partial charge < -0.3 is 5.32 Å². The fraction of sp³-hybridized carbons (Fsp3) is 0.267. The predicted molar refractivity (Wildman–Crippen MR) is 82.3 cm³/mol. The van der Waals surface area contributed by atoms with Crippen molar-refractivity contribution in [2.75, 3.05) is 5.32 Å². The molecule has 19 heavy (non-hydrogen) atoms. The number of nitrogens with one attached hydrogen (secondary N) is 1. The Bertz CT molecular complexity index is 548. The van der Waals surface area contributed by atoms with Gasteiger partial charge in [-0.2, -0.15) is 0 Å². The quantitative estimate of drug-likeness (QED) is 0.760. The Morgan fingerprint density at radius 2 is 1.95 bits per heavy atom. The highest BCUT2D eigenvalue weighted by Crippen LogP contribution is 2.22. The SMILES string of the molecule is CCCC(=O)c1ccc(NCc2ccc(Cl)s2)cc1. The summed E-state index contributed by atoms with van der Waals surface area (Å²) >= 11 is 7.45. The number of hydrogen-bond donors (Lipinski definition) is 1. The maximum atomic E-state index is 11.7. The summed E-state index contributed by atoms with van der Waals surface area (Å²) in [5.41, 5.74) is 1.80. The minimum Gasteiger partial charge on any atom is -0.380 e. The third kappa shape index (κ3) is 4.08. The van der Waals surface area contributed by atoms with Crippen LogP contribution in [0.1, 0.15) is 35.0 Å². The molecule has 1 N–H and O–H groups in total. The summed E-state index contributed by atoms with van der Waals surface area (Å²) in [6.07, 6.45) is 1.50. The van der Waals surface area contributed by atoms with Crippen molar-refractivity contribution in [3.05, 3.63) is 51.2 Å². The van der Waals surface area contributed by atoms with E-state index in [2.05, 4.69) is 5.32 Å². The lowest BCUT2D eigenvalue weighted by atomic mass is 10.1. The number of carbonyl (C=O) groups excluding carboxylic acids is 1. The third-order valence-corrected chi connectivity index (χ3v) is 4.01. The van der Waals surface area contributed by atoms with Crippen molar-refractivity contribution in [1.29, 1.82) is 0 Å². The summed E-state index contributed by atoms with van der Waals surface area (Å²) in [5, 5.41) is 3.31. The number of Topliss-reactive ketones (excluding diaryl/α,β-unsaturated/α-hetero) is 1. The lowest BCUT2D eigenvalue weighted by molar-refractivity contribution is 0.0982. The van der Waals surface area contributed by atoms with Gasteiger partial charge in [-0.15, -0.1) is 11.3 Å². The summed E-state index contributed by atoms with van der Waals surface area (Å²) < 4.78 is 0.803. The van der Waals surface area contributed by atoms with Crippen molar-refractivity contribution in [3.8, 4) is 0 Å². The first-order chi connectivity index (χ1) is 9.19. The topological polar surface area (TPSA) is 29.1 Å². The molecule has 2 nitrogen and oxygen atoms in total. The second-order valence-corrected chi connectivity index (χ2v) is 6.11. The zero-order chi connectivity index (χ0) is 13.7. The van der Waals surface area contributed by atoms with Gasteiger partial charge in [0, 0.05) is 29.1 Å². The fourth-order valence-corrected chi connectivity index (χ4v) is 2.81. The van der Waals surface area contributed by atoms with Gasteiger partial charge in [0.1, 0.15) is 0 Å². The Morgan fingerprint density at radius 1 is 1.21 bits per heavy atom. The maximum Gasteiger partial charge on any atom is 0.162 e. The molecule has 2 aromatic rings. The van der Waals surface area contributed by atoms with Crippen LogP contribution in [0.5, 0.6) is 0 Å². The largest absolute Gasteiger partial charge is 0.380 e. The van der Waals surface area contributed by atoms with Gasteiger partial charge in [0.25, 0.3) is 0 Å². The number of anilines is 1. The van der Waals surface area contributed by atoms with Crippen molar-refractivity contribution in [3.63, 3.8) is 0 Å². The van der Waals surface area contributed by atoms with Gasteiger partial charge in [0.2, 0.25) is 0 Å². The number of carbonyl (C=O) groups is 1. The molecule has 1 aromatic heterocycles. The first-order valence-electron chi connectivity index (χ1n) is 6.30. The van der Waals surface area contributed by atoms with Crippen molar-refractivity contribution < 1.29 is 4.79 Å². The summed E-state index contributed by atoms with van der Waals surface area (Å²) in [5.74, 6) is 0.207. The number of benzene rings is 1. The van der Waals surface area contributed by atoms with E-state index in [0.29, 0.717) is 6.42 Å². The van der Waals surface area contributed by atoms with E-state index in [-0.39, 0.29) is 5.78 Å². The Hall–Kier alpha value is -1.32. The zero-order valence-electron chi connectivity index (χ0n) is 10.8. The molecule has 0 spiro atoms. The standard InChI is InChI=1S/C15H16ClNOS/c1-2-3-14(18)11-4-6-12(7-5-11)17-10-13-8-9-15(16)19-13/h4-9,17H,2-3,10H2,1H3. The monoisotopic (exact) mass is 293 g/mol. The van der Waals surface area contributed by atoms with Gasteiger partial charge in [-0.3, -0.25) is 4.79 Å². The highest BCUT2D eigenvalue weighted by molar-refractivity contribution is 7.16. The molecule has 0 bridgehead atoms. The molecule has 0 aliphatic carbocycles. The molecule has 0 radical (unpaired) electrons. The van der Waals surface area contributed by atoms with Crippen LogP contribution in [0.4, 0.5) is 5.69 Å². The summed E-state index contributed by atoms with van der Waals surface area (Å²) in [7, 11) is 0. The average molecular weight is 294 g/mol. The Labute approximate surface area is 122 Å². The van der Waals surface area contributed by atoms with E-state index in [4.69, 9.17) is 11.6 Å². The highest BCUT2D eigenvalue weighted by atomic mass is 35.5. The molecule has 0 amide bonds. The van der Waals surface area contributed by atoms with Crippen LogP contribution < -0.4 is 5.32 Å². The van der Waals surface area contributed by atoms with E-state index in [1.54, 1.807) is 11.3 Å². The van der Waals surface area contributed by atoms with Crippen molar-refractivity contribution in [1.82, 2.24) is 0 Å². The van der Waals surface area contributed by atoms with Crippen molar-refractivity contribution in [2.45, 2.75) is 26.3 Å². The van der Waals surface area contributed by atoms with Gasteiger partial charge >= 0.3 is 0 Å². The van der Waals surface area contributed by atoms with Crippen LogP contribution in [0.15, 0.2) is 36.4 Å². The second-order valence-electron chi connectivity index (χ2n) is 4.31. The molecule has 100 valence electrons. The predicted octanol–water partition coefficient (Wildman–Crippen LogP) is 5.00. The Kier molecular flexibility index (Phi) is 5.00. The minimum absolute atomic E-state index is 0.207. The molecular weight excluding hydrogens is 278 g/mol. The molecule has 0 saturated heterocycles. The number of thiophene rings is 1. The minimum atomic E-state index is 0.207. The van der Waals surface area contributed by atoms with Gasteiger partial charge in [0.05, 0.1) is 4.34 Å². The molecule has 0 unspecified atom stereocenters. The molecule has 0 atom stereocenters. The summed E-state index contributed by atoms with van der Waals surface area (Å²) in [6, 6.07) is 11.6. The Balaban J connectivity index is 1.93. The first-order valence-corrected chi connectivity index (χ1v) is 7.50. The normalized spacial score (nSPS) is 10.4. The first kappa shape index (κ1) is 14.1. The van der Waals surface area contributed by atoms with E-state index in [1.807, 2.05) is 43.3 Å². The van der Waals surface area contributed by atoms with E-state index in [0.717, 1.165) is 28.6 Å². The van der Waals surface area contributed by atoms with Crippen LogP contribution in [0.3, 0.4) is 0 Å². The van der Waals surface area contributed by atoms with Crippen LogP contribution in [-0.4, -0.2) is 5.78 Å². The van der Waals surface area contributed by atoms with Crippen LogP contribution in [0, 0.1) is 0 Å². The smallest absolute Gasteiger partial charge is 0.162 e. The van der Waals surface area contributed by atoms with Crippen molar-refractivity contribution in [2.24, 2.45) is 0 Å². The summed E-state index contributed by atoms with van der Waals surface area (Å²) in [6.45, 7) is 2.76. The molecule has 4 heteroatoms. The summed E-state index contributed by atoms with van der Waals surface area (Å²) in [4.78, 5) is 12.9. The van der Waals surface area contributed by atoms with Crippen LogP contribution in [-0.2, 0) is 6.54 Å². The van der Waals surface area contributed by atoms with E-state index in [9.17, 15) is 4.79 Å². The molecule has 0 saturated carbocycles. The number of rotatable bonds is 6. The molecular formula is C15H16ClNOS. The van der Waals surface area contributed by atoms with Crippen molar-refractivity contribution >= 4 is 34.4 Å². The molecule has 1 aromatic carbocycles. The van der Waals surface area contributed by atoms with Gasteiger partial charge in [0.15, 0.2) is 5.78 Å². The lowest BCUT2D eigenvalue weighted by Gasteiger charge is -2.06. The van der Waals surface area contributed by atoms with Crippen LogP contribution >= 0.6 is 22.9 Å². The number of halogens is 1. The molecule has 2 rings (SSSR count). The molecule has 1 heterocycles. The molecule has 0 fully saturated rings. The van der Waals surface area contributed by atoms with E-state index >= 15 is 0 Å². The second kappa shape index (κ2) is 6.73. The van der Waals surface area contributed by atoms with Gasteiger partial charge in [-0.25, -0.2) is 0 Å². The maximum absolute atomic E-state index is 11.7. The highest BCUT2D eigenvalue weighted by Gasteiger charge is 2.04. The average Bonchev–Trinajstić information content (AvgIpc) is 2.83.